The first-order valence-electron chi connectivity index (χ1n) is 7.78. The lowest BCUT2D eigenvalue weighted by Crippen LogP contribution is -2.33. The lowest BCUT2D eigenvalue weighted by Gasteiger charge is -2.20. The van der Waals surface area contributed by atoms with Gasteiger partial charge in [0.1, 0.15) is 11.9 Å². The molecule has 2 atom stereocenters. The number of rotatable bonds is 3. The van der Waals surface area contributed by atoms with E-state index in [-0.39, 0.29) is 12.0 Å². The molecule has 1 aliphatic heterocycles. The van der Waals surface area contributed by atoms with Gasteiger partial charge in [-0.05, 0) is 38.2 Å². The second kappa shape index (κ2) is 6.53. The molecule has 1 aliphatic carbocycles. The number of amides is 1. The summed E-state index contributed by atoms with van der Waals surface area (Å²) in [6.07, 6.45) is 6.46. The molecular formula is C16H19ClN4O. The van der Waals surface area contributed by atoms with Crippen molar-refractivity contribution in [1.82, 2.24) is 9.88 Å². The van der Waals surface area contributed by atoms with Crippen LogP contribution in [0.3, 0.4) is 0 Å². The average molecular weight is 319 g/mol. The van der Waals surface area contributed by atoms with Crippen molar-refractivity contribution in [2.24, 2.45) is 5.92 Å². The summed E-state index contributed by atoms with van der Waals surface area (Å²) in [5.74, 6) is 1.02. The van der Waals surface area contributed by atoms with Gasteiger partial charge < -0.3 is 10.2 Å². The highest BCUT2D eigenvalue weighted by Gasteiger charge is 2.33. The number of nitrogens with zero attached hydrogens (tertiary/aromatic N) is 3. The number of halogens is 1. The van der Waals surface area contributed by atoms with Crippen LogP contribution in [0.1, 0.15) is 37.7 Å². The first kappa shape index (κ1) is 15.1. The first-order valence-corrected chi connectivity index (χ1v) is 8.16. The van der Waals surface area contributed by atoms with Crippen molar-refractivity contribution in [3.05, 3.63) is 22.8 Å². The minimum absolute atomic E-state index is 0.118. The van der Waals surface area contributed by atoms with Crippen molar-refractivity contribution in [2.45, 2.75) is 38.1 Å². The van der Waals surface area contributed by atoms with Gasteiger partial charge >= 0.3 is 0 Å². The molecule has 116 valence electrons. The third kappa shape index (κ3) is 3.17. The molecule has 1 aromatic rings. The van der Waals surface area contributed by atoms with E-state index in [1.165, 1.54) is 6.20 Å². The van der Waals surface area contributed by atoms with E-state index < -0.39 is 0 Å². The van der Waals surface area contributed by atoms with Crippen LogP contribution in [-0.4, -0.2) is 34.9 Å². The molecule has 6 heteroatoms. The second-order valence-electron chi connectivity index (χ2n) is 6.05. The predicted octanol–water partition coefficient (Wildman–Crippen LogP) is 2.81. The van der Waals surface area contributed by atoms with Crippen LogP contribution in [0.5, 0.6) is 0 Å². The summed E-state index contributed by atoms with van der Waals surface area (Å²) >= 11 is 6.14. The van der Waals surface area contributed by atoms with Crippen LogP contribution in [0.15, 0.2) is 12.3 Å². The Kier molecular flexibility index (Phi) is 4.49. The number of nitrogens with one attached hydrogen (secondary N) is 1. The number of likely N-dealkylation sites (tertiary alicyclic amines) is 1. The highest BCUT2D eigenvalue weighted by atomic mass is 35.5. The lowest BCUT2D eigenvalue weighted by atomic mass is 10.1. The second-order valence-corrected chi connectivity index (χ2v) is 6.46. The van der Waals surface area contributed by atoms with E-state index in [9.17, 15) is 4.79 Å². The van der Waals surface area contributed by atoms with Gasteiger partial charge in [0, 0.05) is 31.2 Å². The Balaban J connectivity index is 1.59. The van der Waals surface area contributed by atoms with Crippen molar-refractivity contribution in [3.8, 4) is 6.07 Å². The summed E-state index contributed by atoms with van der Waals surface area (Å²) in [5.41, 5.74) is 0.448. The van der Waals surface area contributed by atoms with E-state index in [1.807, 2.05) is 11.0 Å². The number of nitriles is 1. The zero-order valence-corrected chi connectivity index (χ0v) is 13.1. The Morgan fingerprint density at radius 1 is 1.41 bits per heavy atom. The smallest absolute Gasteiger partial charge is 0.225 e. The van der Waals surface area contributed by atoms with Gasteiger partial charge in [-0.3, -0.25) is 4.79 Å². The number of hydrogen-bond donors (Lipinski definition) is 1. The van der Waals surface area contributed by atoms with Crippen LogP contribution in [0.25, 0.3) is 0 Å². The van der Waals surface area contributed by atoms with Crippen LogP contribution in [-0.2, 0) is 4.79 Å². The Morgan fingerprint density at radius 2 is 2.18 bits per heavy atom. The fourth-order valence-electron chi connectivity index (χ4n) is 3.33. The molecule has 0 spiro atoms. The fourth-order valence-corrected chi connectivity index (χ4v) is 3.55. The molecule has 0 aromatic carbocycles. The van der Waals surface area contributed by atoms with Gasteiger partial charge in [0.15, 0.2) is 0 Å². The molecule has 2 heterocycles. The summed E-state index contributed by atoms with van der Waals surface area (Å²) < 4.78 is 0. The van der Waals surface area contributed by atoms with E-state index in [0.717, 1.165) is 45.2 Å². The number of pyridine rings is 1. The molecule has 0 radical (unpaired) electrons. The van der Waals surface area contributed by atoms with Crippen LogP contribution < -0.4 is 5.32 Å². The largest absolute Gasteiger partial charge is 0.366 e. The summed E-state index contributed by atoms with van der Waals surface area (Å²) in [6.45, 7) is 1.83. The summed E-state index contributed by atoms with van der Waals surface area (Å²) in [5, 5.41) is 12.6. The molecule has 5 nitrogen and oxygen atoms in total. The van der Waals surface area contributed by atoms with Crippen LogP contribution in [0.2, 0.25) is 5.02 Å². The molecule has 0 bridgehead atoms. The van der Waals surface area contributed by atoms with Crippen LogP contribution in [0.4, 0.5) is 5.82 Å². The molecule has 1 aromatic heterocycles. The first-order chi connectivity index (χ1) is 10.7. The maximum atomic E-state index is 12.4. The molecule has 1 N–H and O–H groups in total. The summed E-state index contributed by atoms with van der Waals surface area (Å²) in [7, 11) is 0. The minimum Gasteiger partial charge on any atom is -0.366 e. The molecule has 2 aliphatic rings. The lowest BCUT2D eigenvalue weighted by molar-refractivity contribution is -0.134. The Labute approximate surface area is 135 Å². The van der Waals surface area contributed by atoms with Gasteiger partial charge in [0.05, 0.1) is 10.6 Å². The molecule has 0 unspecified atom stereocenters. The zero-order chi connectivity index (χ0) is 15.5. The van der Waals surface area contributed by atoms with Crippen LogP contribution >= 0.6 is 11.6 Å². The predicted molar refractivity (Wildman–Crippen MR) is 84.5 cm³/mol. The fraction of sp³-hybridized carbons (Fsp3) is 0.562. The minimum atomic E-state index is 0.118. The van der Waals surface area contributed by atoms with Crippen LogP contribution in [0, 0.1) is 17.2 Å². The van der Waals surface area contributed by atoms with E-state index in [4.69, 9.17) is 16.9 Å². The van der Waals surface area contributed by atoms with E-state index in [1.54, 1.807) is 6.07 Å². The van der Waals surface area contributed by atoms with E-state index in [2.05, 4.69) is 10.3 Å². The van der Waals surface area contributed by atoms with Crippen molar-refractivity contribution in [2.75, 3.05) is 18.4 Å². The topological polar surface area (TPSA) is 69.0 Å². The summed E-state index contributed by atoms with van der Waals surface area (Å²) in [6, 6.07) is 3.84. The van der Waals surface area contributed by atoms with Crippen molar-refractivity contribution < 1.29 is 4.79 Å². The third-order valence-corrected chi connectivity index (χ3v) is 4.80. The number of carbonyl (C=O) groups excluding carboxylic acids is 1. The highest BCUT2D eigenvalue weighted by Crippen LogP contribution is 2.31. The van der Waals surface area contributed by atoms with Gasteiger partial charge in [-0.15, -0.1) is 0 Å². The molecule has 1 saturated carbocycles. The third-order valence-electron chi connectivity index (χ3n) is 4.51. The van der Waals surface area contributed by atoms with Gasteiger partial charge in [-0.25, -0.2) is 4.98 Å². The molecule has 1 saturated heterocycles. The molecule has 2 fully saturated rings. The van der Waals surface area contributed by atoms with E-state index in [0.29, 0.717) is 22.3 Å². The monoisotopic (exact) mass is 318 g/mol. The highest BCUT2D eigenvalue weighted by molar-refractivity contribution is 6.33. The number of anilines is 1. The van der Waals surface area contributed by atoms with Gasteiger partial charge in [0.2, 0.25) is 5.91 Å². The SMILES string of the molecule is N#Cc1cnc(N[C@H]2CC[C@@H](C(=O)N3CCCC3)C2)c(Cl)c1. The molecular weight excluding hydrogens is 300 g/mol. The quantitative estimate of drug-likeness (QED) is 0.930. The number of hydrogen-bond acceptors (Lipinski definition) is 4. The average Bonchev–Trinajstić information content (AvgIpc) is 3.20. The normalized spacial score (nSPS) is 24.3. The van der Waals surface area contributed by atoms with Crippen molar-refractivity contribution >= 4 is 23.3 Å². The Hall–Kier alpha value is -1.80. The number of aromatic nitrogens is 1. The van der Waals surface area contributed by atoms with Crippen molar-refractivity contribution in [3.63, 3.8) is 0 Å². The van der Waals surface area contributed by atoms with Crippen molar-refractivity contribution in [1.29, 1.82) is 5.26 Å². The standard InChI is InChI=1S/C16H19ClN4O/c17-14-7-11(9-18)10-19-15(14)20-13-4-3-12(8-13)16(22)21-5-1-2-6-21/h7,10,12-13H,1-6,8H2,(H,19,20)/t12-,13+/m1/s1. The Bertz CT molecular complexity index is 607. The van der Waals surface area contributed by atoms with Gasteiger partial charge in [-0.1, -0.05) is 11.6 Å². The molecule has 3 rings (SSSR count). The summed E-state index contributed by atoms with van der Waals surface area (Å²) in [4.78, 5) is 18.6. The maximum absolute atomic E-state index is 12.4. The Morgan fingerprint density at radius 3 is 2.86 bits per heavy atom. The van der Waals surface area contributed by atoms with Gasteiger partial charge in [0.25, 0.3) is 0 Å². The van der Waals surface area contributed by atoms with E-state index >= 15 is 0 Å². The molecule has 1 amide bonds. The van der Waals surface area contributed by atoms with Gasteiger partial charge in [-0.2, -0.15) is 5.26 Å². The zero-order valence-electron chi connectivity index (χ0n) is 12.4. The maximum Gasteiger partial charge on any atom is 0.225 e. The molecule has 22 heavy (non-hydrogen) atoms. The number of carbonyl (C=O) groups is 1.